The Kier molecular flexibility index (Phi) is 5.34. The lowest BCUT2D eigenvalue weighted by molar-refractivity contribution is -0.139. The first-order chi connectivity index (χ1) is 6.34. The van der Waals surface area contributed by atoms with Crippen molar-refractivity contribution in [3.63, 3.8) is 0 Å². The molecule has 0 heterocycles. The Labute approximate surface area is 83.9 Å². The molecule has 0 aromatic rings. The zero-order valence-corrected chi connectivity index (χ0v) is 8.86. The molecular formula is C9H18N2O3. The van der Waals surface area contributed by atoms with Crippen LogP contribution in [0.3, 0.4) is 0 Å². The molecule has 0 radical (unpaired) electrons. The average Bonchev–Trinajstić information content (AvgIpc) is 2.00. The second-order valence-corrected chi connectivity index (χ2v) is 3.82. The number of carboxylic acids is 1. The van der Waals surface area contributed by atoms with E-state index in [4.69, 9.17) is 10.8 Å². The Balaban J connectivity index is 3.99. The highest BCUT2D eigenvalue weighted by Crippen LogP contribution is 2.07. The largest absolute Gasteiger partial charge is 0.480 e. The van der Waals surface area contributed by atoms with Crippen LogP contribution in [0.25, 0.3) is 0 Å². The Morgan fingerprint density at radius 3 is 2.29 bits per heavy atom. The van der Waals surface area contributed by atoms with E-state index in [2.05, 4.69) is 0 Å². The number of ketones is 1. The van der Waals surface area contributed by atoms with E-state index in [-0.39, 0.29) is 18.1 Å². The summed E-state index contributed by atoms with van der Waals surface area (Å²) >= 11 is 0. The topological polar surface area (TPSA) is 83.6 Å². The van der Waals surface area contributed by atoms with Crippen LogP contribution in [0.1, 0.15) is 13.3 Å². The minimum absolute atomic E-state index is 0.0131. The monoisotopic (exact) mass is 202 g/mol. The van der Waals surface area contributed by atoms with Crippen molar-refractivity contribution in [1.29, 1.82) is 0 Å². The summed E-state index contributed by atoms with van der Waals surface area (Å²) in [4.78, 5) is 23.5. The SMILES string of the molecule is CC(CC(=O)CN(C)C)[C@H](N)C(=O)O. The predicted molar refractivity (Wildman–Crippen MR) is 53.0 cm³/mol. The normalized spacial score (nSPS) is 15.2. The lowest BCUT2D eigenvalue weighted by atomic mass is 9.96. The number of nitrogens with zero attached hydrogens (tertiary/aromatic N) is 1. The van der Waals surface area contributed by atoms with Crippen molar-refractivity contribution in [2.45, 2.75) is 19.4 Å². The molecule has 5 nitrogen and oxygen atoms in total. The van der Waals surface area contributed by atoms with Gasteiger partial charge in [0.15, 0.2) is 0 Å². The number of rotatable bonds is 6. The van der Waals surface area contributed by atoms with E-state index in [1.807, 2.05) is 0 Å². The van der Waals surface area contributed by atoms with Crippen LogP contribution in [0, 0.1) is 5.92 Å². The van der Waals surface area contributed by atoms with Gasteiger partial charge in [-0.3, -0.25) is 9.59 Å². The van der Waals surface area contributed by atoms with Gasteiger partial charge in [0, 0.05) is 6.42 Å². The zero-order valence-electron chi connectivity index (χ0n) is 8.86. The summed E-state index contributed by atoms with van der Waals surface area (Å²) in [6.45, 7) is 2.00. The molecule has 0 aliphatic rings. The molecule has 0 rings (SSSR count). The number of carbonyl (C=O) groups is 2. The highest BCUT2D eigenvalue weighted by molar-refractivity contribution is 5.82. The molecule has 0 saturated carbocycles. The Morgan fingerprint density at radius 2 is 1.93 bits per heavy atom. The predicted octanol–water partition coefficient (Wildman–Crippen LogP) is -0.445. The third-order valence-electron chi connectivity index (χ3n) is 1.94. The van der Waals surface area contributed by atoms with Gasteiger partial charge in [-0.05, 0) is 20.0 Å². The summed E-state index contributed by atoms with van der Waals surface area (Å²) in [5.74, 6) is -1.37. The van der Waals surface area contributed by atoms with Crippen molar-refractivity contribution in [2.24, 2.45) is 11.7 Å². The number of hydrogen-bond donors (Lipinski definition) is 2. The summed E-state index contributed by atoms with van der Waals surface area (Å²) < 4.78 is 0. The van der Waals surface area contributed by atoms with Crippen LogP contribution < -0.4 is 5.73 Å². The van der Waals surface area contributed by atoms with Crippen molar-refractivity contribution in [2.75, 3.05) is 20.6 Å². The van der Waals surface area contributed by atoms with Crippen LogP contribution in [-0.2, 0) is 9.59 Å². The van der Waals surface area contributed by atoms with Gasteiger partial charge in [0.25, 0.3) is 0 Å². The first kappa shape index (κ1) is 13.1. The number of hydrogen-bond acceptors (Lipinski definition) is 4. The summed E-state index contributed by atoms with van der Waals surface area (Å²) in [5, 5.41) is 8.60. The second-order valence-electron chi connectivity index (χ2n) is 3.82. The molecule has 0 aliphatic heterocycles. The van der Waals surface area contributed by atoms with E-state index in [1.54, 1.807) is 25.9 Å². The molecule has 0 aromatic carbocycles. The van der Waals surface area contributed by atoms with E-state index in [0.29, 0.717) is 6.54 Å². The Hall–Kier alpha value is -0.940. The minimum atomic E-state index is -1.06. The number of likely N-dealkylation sites (N-methyl/N-ethyl adjacent to an activating group) is 1. The first-order valence-corrected chi connectivity index (χ1v) is 4.49. The van der Waals surface area contributed by atoms with Crippen molar-refractivity contribution in [3.8, 4) is 0 Å². The molecule has 0 bridgehead atoms. The minimum Gasteiger partial charge on any atom is -0.480 e. The number of carbonyl (C=O) groups excluding carboxylic acids is 1. The molecule has 3 N–H and O–H groups in total. The standard InChI is InChI=1S/C9H18N2O3/c1-6(8(10)9(13)14)4-7(12)5-11(2)3/h6,8H,4-5,10H2,1-3H3,(H,13,14)/t6?,8-/m0/s1. The van der Waals surface area contributed by atoms with E-state index in [1.165, 1.54) is 0 Å². The maximum atomic E-state index is 11.3. The molecule has 0 fully saturated rings. The second kappa shape index (κ2) is 5.72. The summed E-state index contributed by atoms with van der Waals surface area (Å²) in [7, 11) is 3.58. The van der Waals surface area contributed by atoms with Crippen molar-refractivity contribution < 1.29 is 14.7 Å². The summed E-state index contributed by atoms with van der Waals surface area (Å²) in [5.41, 5.74) is 5.37. The highest BCUT2D eigenvalue weighted by atomic mass is 16.4. The van der Waals surface area contributed by atoms with Crippen LogP contribution in [0.2, 0.25) is 0 Å². The van der Waals surface area contributed by atoms with Gasteiger partial charge in [-0.15, -0.1) is 0 Å². The summed E-state index contributed by atoms with van der Waals surface area (Å²) in [6, 6.07) is -0.957. The molecule has 1 unspecified atom stereocenters. The van der Waals surface area contributed by atoms with Gasteiger partial charge < -0.3 is 15.7 Å². The first-order valence-electron chi connectivity index (χ1n) is 4.49. The third kappa shape index (κ3) is 4.94. The lowest BCUT2D eigenvalue weighted by Gasteiger charge is -2.16. The van der Waals surface area contributed by atoms with Crippen LogP contribution in [0.4, 0.5) is 0 Å². The van der Waals surface area contributed by atoms with Gasteiger partial charge >= 0.3 is 5.97 Å². The fourth-order valence-corrected chi connectivity index (χ4v) is 1.15. The smallest absolute Gasteiger partial charge is 0.320 e. The zero-order chi connectivity index (χ0) is 11.3. The van der Waals surface area contributed by atoms with Crippen LogP contribution in [0.15, 0.2) is 0 Å². The van der Waals surface area contributed by atoms with E-state index in [0.717, 1.165) is 0 Å². The van der Waals surface area contributed by atoms with Gasteiger partial charge in [0.05, 0.1) is 6.54 Å². The van der Waals surface area contributed by atoms with Crippen molar-refractivity contribution in [3.05, 3.63) is 0 Å². The Bertz CT molecular complexity index is 216. The fraction of sp³-hybridized carbons (Fsp3) is 0.778. The van der Waals surface area contributed by atoms with Gasteiger partial charge in [-0.25, -0.2) is 0 Å². The van der Waals surface area contributed by atoms with E-state index >= 15 is 0 Å². The van der Waals surface area contributed by atoms with Crippen LogP contribution in [-0.4, -0.2) is 48.4 Å². The van der Waals surface area contributed by atoms with E-state index in [9.17, 15) is 9.59 Å². The van der Waals surface area contributed by atoms with Crippen molar-refractivity contribution >= 4 is 11.8 Å². The van der Waals surface area contributed by atoms with Gasteiger partial charge in [-0.2, -0.15) is 0 Å². The quantitative estimate of drug-likeness (QED) is 0.609. The lowest BCUT2D eigenvalue weighted by Crippen LogP contribution is -2.38. The number of nitrogens with two attached hydrogens (primary N) is 1. The molecule has 5 heteroatoms. The van der Waals surface area contributed by atoms with Crippen LogP contribution >= 0.6 is 0 Å². The van der Waals surface area contributed by atoms with E-state index < -0.39 is 12.0 Å². The molecule has 82 valence electrons. The maximum Gasteiger partial charge on any atom is 0.320 e. The number of Topliss-reactive ketones (excluding diaryl/α,β-unsaturated/α-hetero) is 1. The Morgan fingerprint density at radius 1 is 1.43 bits per heavy atom. The number of aliphatic carboxylic acids is 1. The third-order valence-corrected chi connectivity index (χ3v) is 1.94. The highest BCUT2D eigenvalue weighted by Gasteiger charge is 2.22. The van der Waals surface area contributed by atoms with Crippen LogP contribution in [0.5, 0.6) is 0 Å². The molecule has 0 aliphatic carbocycles. The molecule has 0 spiro atoms. The van der Waals surface area contributed by atoms with Gasteiger partial charge in [-0.1, -0.05) is 6.92 Å². The van der Waals surface area contributed by atoms with Gasteiger partial charge in [0.1, 0.15) is 11.8 Å². The molecular weight excluding hydrogens is 184 g/mol. The van der Waals surface area contributed by atoms with Gasteiger partial charge in [0.2, 0.25) is 0 Å². The molecule has 0 amide bonds. The maximum absolute atomic E-state index is 11.3. The summed E-state index contributed by atoms with van der Waals surface area (Å²) in [6.07, 6.45) is 0.214. The fourth-order valence-electron chi connectivity index (χ4n) is 1.15. The molecule has 0 saturated heterocycles. The van der Waals surface area contributed by atoms with Crippen molar-refractivity contribution in [1.82, 2.24) is 4.90 Å². The molecule has 2 atom stereocenters. The average molecular weight is 202 g/mol. The molecule has 0 aromatic heterocycles. The number of carboxylic acid groups (broad SMARTS) is 1. The molecule has 14 heavy (non-hydrogen) atoms.